The zero-order valence-electron chi connectivity index (χ0n) is 18.0. The minimum absolute atomic E-state index is 0.0768. The molecule has 1 aliphatic heterocycles. The van der Waals surface area contributed by atoms with Crippen molar-refractivity contribution in [2.75, 3.05) is 4.90 Å². The van der Waals surface area contributed by atoms with Crippen LogP contribution in [0.4, 0.5) is 10.5 Å². The summed E-state index contributed by atoms with van der Waals surface area (Å²) in [5, 5.41) is 2.29. The van der Waals surface area contributed by atoms with Crippen LogP contribution in [0.1, 0.15) is 29.4 Å². The van der Waals surface area contributed by atoms with Crippen molar-refractivity contribution in [2.24, 2.45) is 0 Å². The Kier molecular flexibility index (Phi) is 6.01. The van der Waals surface area contributed by atoms with Gasteiger partial charge in [-0.05, 0) is 96.5 Å². The number of benzene rings is 2. The molecule has 7 heteroatoms. The second kappa shape index (κ2) is 8.74. The third kappa shape index (κ3) is 4.00. The quantitative estimate of drug-likeness (QED) is 0.291. The second-order valence-corrected chi connectivity index (χ2v) is 8.87. The van der Waals surface area contributed by atoms with E-state index in [4.69, 9.17) is 0 Å². The summed E-state index contributed by atoms with van der Waals surface area (Å²) in [6.45, 7) is 5.94. The summed E-state index contributed by atoms with van der Waals surface area (Å²) < 4.78 is 3.18. The van der Waals surface area contributed by atoms with Gasteiger partial charge in [0.05, 0.1) is 5.69 Å². The van der Waals surface area contributed by atoms with Crippen LogP contribution in [0.15, 0.2) is 60.2 Å². The Hall–Kier alpha value is -3.20. The summed E-state index contributed by atoms with van der Waals surface area (Å²) in [6, 6.07) is 16.4. The Bertz CT molecular complexity index is 1270. The van der Waals surface area contributed by atoms with Crippen molar-refractivity contribution >= 4 is 52.2 Å². The normalized spacial score (nSPS) is 15.4. The molecule has 1 fully saturated rings. The van der Waals surface area contributed by atoms with Gasteiger partial charge in [0.25, 0.3) is 11.8 Å². The van der Waals surface area contributed by atoms with Crippen LogP contribution in [0.25, 0.3) is 11.8 Å². The van der Waals surface area contributed by atoms with Gasteiger partial charge in [0.2, 0.25) is 0 Å². The number of anilines is 1. The van der Waals surface area contributed by atoms with Crippen molar-refractivity contribution in [3.8, 4) is 5.69 Å². The molecule has 0 atom stereocenters. The number of hydrogen-bond donors (Lipinski definition) is 1. The number of carbonyl (C=O) groups is 3. The molecule has 0 radical (unpaired) electrons. The highest BCUT2D eigenvalue weighted by Gasteiger charge is 2.37. The SMILES string of the molecule is CCc1ccc(N2C(=O)NC(=O)/C(=C/c3cc(C)n(-c4cccc(I)c4)c3C)C2=O)cc1. The van der Waals surface area contributed by atoms with E-state index in [2.05, 4.69) is 38.5 Å². The smallest absolute Gasteiger partial charge is 0.318 e. The first kappa shape index (κ1) is 22.0. The molecule has 32 heavy (non-hydrogen) atoms. The van der Waals surface area contributed by atoms with Crippen molar-refractivity contribution in [2.45, 2.75) is 27.2 Å². The van der Waals surface area contributed by atoms with E-state index in [-0.39, 0.29) is 5.57 Å². The Balaban J connectivity index is 1.74. The summed E-state index contributed by atoms with van der Waals surface area (Å²) in [7, 11) is 0. The fraction of sp³-hybridized carbons (Fsp3) is 0.160. The molecule has 2 aromatic carbocycles. The van der Waals surface area contributed by atoms with E-state index in [1.807, 2.05) is 57.2 Å². The number of hydrogen-bond acceptors (Lipinski definition) is 3. The van der Waals surface area contributed by atoms with Gasteiger partial charge >= 0.3 is 6.03 Å². The van der Waals surface area contributed by atoms with E-state index in [0.29, 0.717) is 5.69 Å². The highest BCUT2D eigenvalue weighted by atomic mass is 127. The highest BCUT2D eigenvalue weighted by Crippen LogP contribution is 2.26. The molecule has 3 aromatic rings. The molecule has 6 nitrogen and oxygen atoms in total. The molecule has 0 unspecified atom stereocenters. The maximum atomic E-state index is 13.2. The van der Waals surface area contributed by atoms with E-state index in [9.17, 15) is 14.4 Å². The van der Waals surface area contributed by atoms with Gasteiger partial charge in [0, 0.05) is 20.6 Å². The van der Waals surface area contributed by atoms with Gasteiger partial charge < -0.3 is 4.57 Å². The molecule has 0 aliphatic carbocycles. The van der Waals surface area contributed by atoms with Gasteiger partial charge in [-0.25, -0.2) is 9.69 Å². The number of aryl methyl sites for hydroxylation is 2. The number of nitrogens with zero attached hydrogens (tertiary/aromatic N) is 2. The number of aromatic nitrogens is 1. The largest absolute Gasteiger partial charge is 0.335 e. The molecule has 1 N–H and O–H groups in total. The van der Waals surface area contributed by atoms with Gasteiger partial charge in [-0.2, -0.15) is 0 Å². The Morgan fingerprint density at radius 1 is 0.969 bits per heavy atom. The first-order valence-electron chi connectivity index (χ1n) is 10.3. The summed E-state index contributed by atoms with van der Waals surface area (Å²) >= 11 is 2.27. The number of urea groups is 1. The predicted octanol–water partition coefficient (Wildman–Crippen LogP) is 4.93. The summed E-state index contributed by atoms with van der Waals surface area (Å²) in [4.78, 5) is 39.2. The topological polar surface area (TPSA) is 71.4 Å². The monoisotopic (exact) mass is 539 g/mol. The number of nitrogens with one attached hydrogen (secondary N) is 1. The van der Waals surface area contributed by atoms with Crippen LogP contribution < -0.4 is 10.2 Å². The van der Waals surface area contributed by atoms with Crippen molar-refractivity contribution < 1.29 is 14.4 Å². The molecule has 0 spiro atoms. The van der Waals surface area contributed by atoms with Crippen LogP contribution in [0.3, 0.4) is 0 Å². The fourth-order valence-electron chi connectivity index (χ4n) is 3.87. The third-order valence-electron chi connectivity index (χ3n) is 5.54. The number of barbiturate groups is 1. The lowest BCUT2D eigenvalue weighted by atomic mass is 10.1. The van der Waals surface area contributed by atoms with Gasteiger partial charge in [0.15, 0.2) is 0 Å². The number of amides is 4. The van der Waals surface area contributed by atoms with Crippen molar-refractivity contribution in [1.82, 2.24) is 9.88 Å². The van der Waals surface area contributed by atoms with Crippen molar-refractivity contribution in [3.05, 3.63) is 86.3 Å². The van der Waals surface area contributed by atoms with E-state index < -0.39 is 17.8 Å². The molecular formula is C25H22IN3O3. The van der Waals surface area contributed by atoms with E-state index in [1.54, 1.807) is 18.2 Å². The first-order valence-corrected chi connectivity index (χ1v) is 11.3. The van der Waals surface area contributed by atoms with Gasteiger partial charge in [0.1, 0.15) is 5.57 Å². The minimum atomic E-state index is -0.745. The summed E-state index contributed by atoms with van der Waals surface area (Å²) in [5.74, 6) is -1.33. The molecule has 162 valence electrons. The third-order valence-corrected chi connectivity index (χ3v) is 6.21. The molecule has 1 aliphatic rings. The van der Waals surface area contributed by atoms with Crippen LogP contribution in [0, 0.1) is 17.4 Å². The van der Waals surface area contributed by atoms with Gasteiger partial charge in [-0.1, -0.05) is 25.1 Å². The molecule has 1 aromatic heterocycles. The maximum Gasteiger partial charge on any atom is 0.335 e. The van der Waals surface area contributed by atoms with E-state index in [0.717, 1.165) is 43.1 Å². The Morgan fingerprint density at radius 2 is 1.69 bits per heavy atom. The molecule has 0 saturated carbocycles. The van der Waals surface area contributed by atoms with E-state index >= 15 is 0 Å². The zero-order valence-corrected chi connectivity index (χ0v) is 20.1. The predicted molar refractivity (Wildman–Crippen MR) is 133 cm³/mol. The number of imide groups is 2. The lowest BCUT2D eigenvalue weighted by molar-refractivity contribution is -0.122. The average molecular weight is 539 g/mol. The number of rotatable bonds is 4. The van der Waals surface area contributed by atoms with Crippen LogP contribution in [0.5, 0.6) is 0 Å². The lowest BCUT2D eigenvalue weighted by Crippen LogP contribution is -2.54. The molecule has 0 bridgehead atoms. The van der Waals surface area contributed by atoms with Crippen LogP contribution in [0.2, 0.25) is 0 Å². The van der Waals surface area contributed by atoms with Gasteiger partial charge in [-0.15, -0.1) is 0 Å². The van der Waals surface area contributed by atoms with Crippen LogP contribution >= 0.6 is 22.6 Å². The standard InChI is InChI=1S/C25H22IN3O3/c1-4-17-8-10-20(11-9-17)29-24(31)22(23(30)27-25(29)32)13-18-12-15(2)28(16(18)3)21-7-5-6-19(26)14-21/h5-14H,4H2,1-3H3,(H,27,30,32)/b22-13-. The molecular weight excluding hydrogens is 517 g/mol. The first-order chi connectivity index (χ1) is 15.3. The van der Waals surface area contributed by atoms with Crippen molar-refractivity contribution in [1.29, 1.82) is 0 Å². The minimum Gasteiger partial charge on any atom is -0.318 e. The van der Waals surface area contributed by atoms with Crippen molar-refractivity contribution in [3.63, 3.8) is 0 Å². The average Bonchev–Trinajstić information content (AvgIpc) is 3.04. The van der Waals surface area contributed by atoms with Crippen LogP contribution in [-0.2, 0) is 16.0 Å². The Morgan fingerprint density at radius 3 is 2.34 bits per heavy atom. The fourth-order valence-corrected chi connectivity index (χ4v) is 4.40. The van der Waals surface area contributed by atoms with E-state index in [1.165, 1.54) is 0 Å². The Labute approximate surface area is 200 Å². The maximum absolute atomic E-state index is 13.2. The van der Waals surface area contributed by atoms with Crippen LogP contribution in [-0.4, -0.2) is 22.4 Å². The number of halogens is 1. The molecule has 4 rings (SSSR count). The lowest BCUT2D eigenvalue weighted by Gasteiger charge is -2.26. The highest BCUT2D eigenvalue weighted by molar-refractivity contribution is 14.1. The van der Waals surface area contributed by atoms with Gasteiger partial charge in [-0.3, -0.25) is 14.9 Å². The summed E-state index contributed by atoms with van der Waals surface area (Å²) in [5.41, 5.74) is 5.06. The molecule has 1 saturated heterocycles. The molecule has 4 amide bonds. The molecule has 2 heterocycles. The summed E-state index contributed by atoms with van der Waals surface area (Å²) in [6.07, 6.45) is 2.41. The number of carbonyl (C=O) groups excluding carboxylic acids is 3. The second-order valence-electron chi connectivity index (χ2n) is 7.62. The zero-order chi connectivity index (χ0) is 23.0.